The second-order valence-electron chi connectivity index (χ2n) is 5.20. The fourth-order valence-electron chi connectivity index (χ4n) is 1.93. The van der Waals surface area contributed by atoms with Crippen LogP contribution >= 0.6 is 11.8 Å². The van der Waals surface area contributed by atoms with E-state index in [1.54, 1.807) is 11.8 Å². The average molecular weight is 311 g/mol. The first-order valence-electron chi connectivity index (χ1n) is 7.40. The van der Waals surface area contributed by atoms with Crippen molar-refractivity contribution in [3.63, 3.8) is 0 Å². The van der Waals surface area contributed by atoms with Crippen LogP contribution in [0.1, 0.15) is 34.8 Å². The Morgan fingerprint density at radius 2 is 1.86 bits per heavy atom. The molecule has 1 amide bonds. The zero-order chi connectivity index (χ0) is 15.9. The smallest absolute Gasteiger partial charge is 0.255 e. The maximum atomic E-state index is 12.4. The maximum absolute atomic E-state index is 12.4. The molecule has 22 heavy (non-hydrogen) atoms. The van der Waals surface area contributed by atoms with Gasteiger partial charge < -0.3 is 5.32 Å². The van der Waals surface area contributed by atoms with Gasteiger partial charge in [0.25, 0.3) is 5.91 Å². The molecular weight excluding hydrogens is 290 g/mol. The van der Waals surface area contributed by atoms with E-state index in [1.165, 1.54) is 11.1 Å². The molecule has 0 spiro atoms. The molecule has 0 saturated carbocycles. The predicted molar refractivity (Wildman–Crippen MR) is 95.6 cm³/mol. The molecule has 2 nitrogen and oxygen atoms in total. The lowest BCUT2D eigenvalue weighted by Crippen LogP contribution is -2.12. The van der Waals surface area contributed by atoms with Crippen LogP contribution in [0.15, 0.2) is 58.8 Å². The summed E-state index contributed by atoms with van der Waals surface area (Å²) in [5.74, 6) is -0.0785. The van der Waals surface area contributed by atoms with E-state index < -0.39 is 0 Å². The molecule has 0 fully saturated rings. The van der Waals surface area contributed by atoms with Crippen LogP contribution < -0.4 is 5.32 Å². The van der Waals surface area contributed by atoms with Crippen LogP contribution in [0, 0.1) is 13.8 Å². The van der Waals surface area contributed by atoms with Crippen molar-refractivity contribution in [3.05, 3.63) is 70.6 Å². The minimum Gasteiger partial charge on any atom is -0.322 e. The number of hydrogen-bond donors (Lipinski definition) is 1. The number of benzene rings is 2. The van der Waals surface area contributed by atoms with E-state index in [2.05, 4.69) is 30.6 Å². The van der Waals surface area contributed by atoms with Crippen molar-refractivity contribution in [2.45, 2.75) is 32.1 Å². The first-order valence-corrected chi connectivity index (χ1v) is 8.28. The van der Waals surface area contributed by atoms with Crippen LogP contribution in [0.5, 0.6) is 0 Å². The van der Waals surface area contributed by atoms with Gasteiger partial charge in [-0.3, -0.25) is 4.79 Å². The molecule has 0 aliphatic carbocycles. The molecule has 3 heteroatoms. The van der Waals surface area contributed by atoms with E-state index in [0.29, 0.717) is 5.56 Å². The third kappa shape index (κ3) is 4.50. The number of carbonyl (C=O) groups is 1. The van der Waals surface area contributed by atoms with E-state index in [1.807, 2.05) is 49.4 Å². The van der Waals surface area contributed by atoms with E-state index in [4.69, 9.17) is 0 Å². The summed E-state index contributed by atoms with van der Waals surface area (Å²) >= 11 is 1.65. The van der Waals surface area contributed by atoms with E-state index in [9.17, 15) is 4.79 Å². The second kappa shape index (κ2) is 7.85. The van der Waals surface area contributed by atoms with Crippen LogP contribution in [-0.4, -0.2) is 5.91 Å². The van der Waals surface area contributed by atoms with Crippen molar-refractivity contribution < 1.29 is 4.79 Å². The number of amides is 1. The fraction of sp³-hybridized carbons (Fsp3) is 0.211. The van der Waals surface area contributed by atoms with Gasteiger partial charge in [0, 0.05) is 16.1 Å². The topological polar surface area (TPSA) is 29.1 Å². The Balaban J connectivity index is 2.13. The minimum absolute atomic E-state index is 0.0785. The fourth-order valence-corrected chi connectivity index (χ4v) is 2.81. The van der Waals surface area contributed by atoms with Gasteiger partial charge in [0.05, 0.1) is 0 Å². The number of aryl methyl sites for hydroxylation is 2. The van der Waals surface area contributed by atoms with Crippen molar-refractivity contribution in [3.8, 4) is 0 Å². The van der Waals surface area contributed by atoms with E-state index in [-0.39, 0.29) is 5.91 Å². The molecule has 0 heterocycles. The molecular formula is C19H21NOS. The summed E-state index contributed by atoms with van der Waals surface area (Å²) in [5, 5.41) is 5.01. The van der Waals surface area contributed by atoms with Gasteiger partial charge in [-0.1, -0.05) is 48.5 Å². The van der Waals surface area contributed by atoms with Gasteiger partial charge in [0.15, 0.2) is 0 Å². The Hall–Kier alpha value is -2.00. The minimum atomic E-state index is -0.0785. The standard InChI is InChI=1S/C19H21NOS/c1-4-5-12-22-18-13-16(9-8-15(18)3)19(21)20-17-10-6-14(2)7-11-17/h5-13H,4H2,1-3H3,(H,20,21)/b12-5-. The Bertz CT molecular complexity index is 674. The number of thioether (sulfide) groups is 1. The molecule has 1 N–H and O–H groups in total. The van der Waals surface area contributed by atoms with Crippen molar-refractivity contribution >= 4 is 23.4 Å². The summed E-state index contributed by atoms with van der Waals surface area (Å²) in [5.41, 5.74) is 3.85. The SMILES string of the molecule is CC/C=C\Sc1cc(C(=O)Nc2ccc(C)cc2)ccc1C. The molecule has 0 saturated heterocycles. The van der Waals surface area contributed by atoms with Crippen molar-refractivity contribution in [2.24, 2.45) is 0 Å². The number of carbonyl (C=O) groups excluding carboxylic acids is 1. The lowest BCUT2D eigenvalue weighted by molar-refractivity contribution is 0.102. The quantitative estimate of drug-likeness (QED) is 0.731. The van der Waals surface area contributed by atoms with E-state index >= 15 is 0 Å². The van der Waals surface area contributed by atoms with Gasteiger partial charge in [-0.15, -0.1) is 0 Å². The largest absolute Gasteiger partial charge is 0.322 e. The number of rotatable bonds is 5. The van der Waals surface area contributed by atoms with Gasteiger partial charge in [-0.05, 0) is 55.5 Å². The first kappa shape index (κ1) is 16.4. The molecule has 114 valence electrons. The summed E-state index contributed by atoms with van der Waals surface area (Å²) in [4.78, 5) is 13.5. The Morgan fingerprint density at radius 3 is 2.55 bits per heavy atom. The van der Waals surface area contributed by atoms with Crippen molar-refractivity contribution in [1.82, 2.24) is 0 Å². The van der Waals surface area contributed by atoms with Gasteiger partial charge in [0.2, 0.25) is 0 Å². The van der Waals surface area contributed by atoms with Crippen LogP contribution in [0.4, 0.5) is 5.69 Å². The molecule has 0 aliphatic heterocycles. The van der Waals surface area contributed by atoms with Gasteiger partial charge in [0.1, 0.15) is 0 Å². The predicted octanol–water partition coefficient (Wildman–Crippen LogP) is 5.57. The highest BCUT2D eigenvalue weighted by Gasteiger charge is 2.08. The lowest BCUT2D eigenvalue weighted by Gasteiger charge is -2.08. The number of anilines is 1. The summed E-state index contributed by atoms with van der Waals surface area (Å²) in [6.45, 7) is 6.19. The maximum Gasteiger partial charge on any atom is 0.255 e. The molecule has 0 aliphatic rings. The highest BCUT2D eigenvalue weighted by Crippen LogP contribution is 2.25. The molecule has 0 aromatic heterocycles. The lowest BCUT2D eigenvalue weighted by atomic mass is 10.1. The first-order chi connectivity index (χ1) is 10.6. The third-order valence-corrected chi connectivity index (χ3v) is 4.31. The molecule has 0 atom stereocenters. The van der Waals surface area contributed by atoms with Crippen LogP contribution in [0.2, 0.25) is 0 Å². The monoisotopic (exact) mass is 311 g/mol. The third-order valence-electron chi connectivity index (χ3n) is 3.29. The summed E-state index contributed by atoms with van der Waals surface area (Å²) < 4.78 is 0. The van der Waals surface area contributed by atoms with Gasteiger partial charge >= 0.3 is 0 Å². The molecule has 0 bridgehead atoms. The van der Waals surface area contributed by atoms with Crippen LogP contribution in [0.25, 0.3) is 0 Å². The number of nitrogens with one attached hydrogen (secondary N) is 1. The Morgan fingerprint density at radius 1 is 1.14 bits per heavy atom. The number of hydrogen-bond acceptors (Lipinski definition) is 2. The summed E-state index contributed by atoms with van der Waals surface area (Å²) in [6.07, 6.45) is 3.13. The summed E-state index contributed by atoms with van der Waals surface area (Å²) in [6, 6.07) is 13.6. The molecule has 0 radical (unpaired) electrons. The Kier molecular flexibility index (Phi) is 5.84. The van der Waals surface area contributed by atoms with Crippen LogP contribution in [0.3, 0.4) is 0 Å². The van der Waals surface area contributed by atoms with Crippen LogP contribution in [-0.2, 0) is 0 Å². The second-order valence-corrected chi connectivity index (χ2v) is 6.15. The molecule has 2 aromatic carbocycles. The van der Waals surface area contributed by atoms with Crippen molar-refractivity contribution in [2.75, 3.05) is 5.32 Å². The normalized spacial score (nSPS) is 10.9. The molecule has 0 unspecified atom stereocenters. The Labute approximate surface area is 136 Å². The zero-order valence-electron chi connectivity index (χ0n) is 13.2. The summed E-state index contributed by atoms with van der Waals surface area (Å²) in [7, 11) is 0. The van der Waals surface area contributed by atoms with Gasteiger partial charge in [-0.2, -0.15) is 0 Å². The number of allylic oxidation sites excluding steroid dienone is 1. The highest BCUT2D eigenvalue weighted by atomic mass is 32.2. The highest BCUT2D eigenvalue weighted by molar-refractivity contribution is 8.02. The molecule has 2 rings (SSSR count). The zero-order valence-corrected chi connectivity index (χ0v) is 14.0. The van der Waals surface area contributed by atoms with Crippen molar-refractivity contribution in [1.29, 1.82) is 0 Å². The van der Waals surface area contributed by atoms with E-state index in [0.717, 1.165) is 17.0 Å². The van der Waals surface area contributed by atoms with Gasteiger partial charge in [-0.25, -0.2) is 0 Å². The molecule has 2 aromatic rings. The average Bonchev–Trinajstić information content (AvgIpc) is 2.51.